The van der Waals surface area contributed by atoms with Crippen LogP contribution in [0, 0.1) is 0 Å². The molecule has 0 fully saturated rings. The third-order valence-corrected chi connectivity index (χ3v) is 3.43. The van der Waals surface area contributed by atoms with Crippen molar-refractivity contribution < 1.29 is 13.9 Å². The van der Waals surface area contributed by atoms with Gasteiger partial charge in [0.05, 0.1) is 19.4 Å². The maximum Gasteiger partial charge on any atom is 0.176 e. The average Bonchev–Trinajstić information content (AvgIpc) is 3.23. The number of aromatic nitrogens is 2. The van der Waals surface area contributed by atoms with E-state index in [0.717, 1.165) is 23.1 Å². The standard InChI is InChI=1S/C17H18N2O3/c1-13(12-22-15-7-4-3-6-14(15)20-2)19-10-9-18-17(19)16-8-5-11-21-16/h3-11,13H,12H2,1-2H3/t13-/m1/s1. The first kappa shape index (κ1) is 14.3. The number of para-hydroxylation sites is 2. The molecule has 3 rings (SSSR count). The number of hydrogen-bond donors (Lipinski definition) is 0. The molecule has 0 bridgehead atoms. The van der Waals surface area contributed by atoms with Crippen molar-refractivity contribution in [3.8, 4) is 23.1 Å². The Morgan fingerprint density at radius 2 is 2.00 bits per heavy atom. The molecule has 5 nitrogen and oxygen atoms in total. The van der Waals surface area contributed by atoms with Crippen LogP contribution < -0.4 is 9.47 Å². The quantitative estimate of drug-likeness (QED) is 0.694. The van der Waals surface area contributed by atoms with Crippen LogP contribution in [0.15, 0.2) is 59.5 Å². The molecule has 0 unspecified atom stereocenters. The van der Waals surface area contributed by atoms with E-state index in [0.29, 0.717) is 6.61 Å². The third-order valence-electron chi connectivity index (χ3n) is 3.43. The topological polar surface area (TPSA) is 49.4 Å². The van der Waals surface area contributed by atoms with Gasteiger partial charge in [-0.1, -0.05) is 12.1 Å². The van der Waals surface area contributed by atoms with Crippen molar-refractivity contribution in [1.29, 1.82) is 0 Å². The summed E-state index contributed by atoms with van der Waals surface area (Å²) in [5.41, 5.74) is 0. The van der Waals surface area contributed by atoms with Gasteiger partial charge in [-0.2, -0.15) is 0 Å². The maximum absolute atomic E-state index is 5.88. The van der Waals surface area contributed by atoms with Crippen LogP contribution >= 0.6 is 0 Å². The van der Waals surface area contributed by atoms with Gasteiger partial charge in [-0.3, -0.25) is 0 Å². The Morgan fingerprint density at radius 3 is 2.73 bits per heavy atom. The van der Waals surface area contributed by atoms with E-state index in [4.69, 9.17) is 13.9 Å². The maximum atomic E-state index is 5.88. The molecule has 0 saturated carbocycles. The minimum Gasteiger partial charge on any atom is -0.493 e. The molecule has 0 N–H and O–H groups in total. The molecule has 0 radical (unpaired) electrons. The molecule has 3 aromatic rings. The van der Waals surface area contributed by atoms with Gasteiger partial charge in [-0.25, -0.2) is 4.98 Å². The lowest BCUT2D eigenvalue weighted by molar-refractivity contribution is 0.249. The Labute approximate surface area is 129 Å². The normalized spacial score (nSPS) is 12.1. The lowest BCUT2D eigenvalue weighted by Crippen LogP contribution is -2.14. The number of methoxy groups -OCH3 is 1. The van der Waals surface area contributed by atoms with E-state index in [-0.39, 0.29) is 6.04 Å². The zero-order chi connectivity index (χ0) is 15.4. The van der Waals surface area contributed by atoms with Crippen LogP contribution in [0.1, 0.15) is 13.0 Å². The average molecular weight is 298 g/mol. The number of nitrogens with zero attached hydrogens (tertiary/aromatic N) is 2. The summed E-state index contributed by atoms with van der Waals surface area (Å²) in [5.74, 6) is 3.00. The highest BCUT2D eigenvalue weighted by molar-refractivity contribution is 5.47. The molecule has 0 aliphatic heterocycles. The van der Waals surface area contributed by atoms with Crippen molar-refractivity contribution in [1.82, 2.24) is 9.55 Å². The summed E-state index contributed by atoms with van der Waals surface area (Å²) in [5, 5.41) is 0. The van der Waals surface area contributed by atoms with Crippen LogP contribution in [0.25, 0.3) is 11.6 Å². The van der Waals surface area contributed by atoms with Crippen molar-refractivity contribution in [2.45, 2.75) is 13.0 Å². The van der Waals surface area contributed by atoms with Crippen molar-refractivity contribution >= 4 is 0 Å². The number of furan rings is 1. The van der Waals surface area contributed by atoms with Crippen LogP contribution in [0.2, 0.25) is 0 Å². The molecule has 5 heteroatoms. The van der Waals surface area contributed by atoms with Gasteiger partial charge in [0.25, 0.3) is 0 Å². The molecule has 2 aromatic heterocycles. The van der Waals surface area contributed by atoms with E-state index in [1.807, 2.05) is 47.2 Å². The Hall–Kier alpha value is -2.69. The number of hydrogen-bond acceptors (Lipinski definition) is 4. The molecule has 2 heterocycles. The second-order valence-electron chi connectivity index (χ2n) is 4.95. The summed E-state index contributed by atoms with van der Waals surface area (Å²) in [6.07, 6.45) is 5.33. The first-order chi connectivity index (χ1) is 10.8. The van der Waals surface area contributed by atoms with E-state index < -0.39 is 0 Å². The molecule has 0 amide bonds. The molecule has 0 saturated heterocycles. The molecule has 0 aliphatic carbocycles. The van der Waals surface area contributed by atoms with Gasteiger partial charge in [0.2, 0.25) is 0 Å². The highest BCUT2D eigenvalue weighted by Gasteiger charge is 2.15. The van der Waals surface area contributed by atoms with Crippen molar-refractivity contribution in [2.75, 3.05) is 13.7 Å². The minimum absolute atomic E-state index is 0.104. The third kappa shape index (κ3) is 2.83. The Balaban J connectivity index is 1.73. The van der Waals surface area contributed by atoms with E-state index in [2.05, 4.69) is 11.9 Å². The van der Waals surface area contributed by atoms with E-state index >= 15 is 0 Å². The summed E-state index contributed by atoms with van der Waals surface area (Å²) in [6, 6.07) is 11.5. The van der Waals surface area contributed by atoms with Crippen LogP contribution in [0.5, 0.6) is 11.5 Å². The number of ether oxygens (including phenoxy) is 2. The highest BCUT2D eigenvalue weighted by Crippen LogP contribution is 2.27. The fourth-order valence-corrected chi connectivity index (χ4v) is 2.29. The zero-order valence-corrected chi connectivity index (χ0v) is 12.6. The molecule has 1 aromatic carbocycles. The molecule has 0 aliphatic rings. The molecular formula is C17H18N2O3. The Kier molecular flexibility index (Phi) is 4.14. The molecule has 114 valence electrons. The van der Waals surface area contributed by atoms with Gasteiger partial charge in [0, 0.05) is 12.4 Å². The van der Waals surface area contributed by atoms with Crippen molar-refractivity contribution in [2.24, 2.45) is 0 Å². The first-order valence-corrected chi connectivity index (χ1v) is 7.12. The predicted octanol–water partition coefficient (Wildman–Crippen LogP) is 3.79. The van der Waals surface area contributed by atoms with Crippen LogP contribution in [0.4, 0.5) is 0 Å². The van der Waals surface area contributed by atoms with Gasteiger partial charge in [0.15, 0.2) is 23.1 Å². The summed E-state index contributed by atoms with van der Waals surface area (Å²) >= 11 is 0. The van der Waals surface area contributed by atoms with Crippen molar-refractivity contribution in [3.05, 3.63) is 55.1 Å². The van der Waals surface area contributed by atoms with Crippen LogP contribution in [-0.2, 0) is 0 Å². The summed E-state index contributed by atoms with van der Waals surface area (Å²) < 4.78 is 18.6. The van der Waals surface area contributed by atoms with Crippen molar-refractivity contribution in [3.63, 3.8) is 0 Å². The smallest absolute Gasteiger partial charge is 0.176 e. The highest BCUT2D eigenvalue weighted by atomic mass is 16.5. The van der Waals surface area contributed by atoms with Crippen LogP contribution in [0.3, 0.4) is 0 Å². The molecular weight excluding hydrogens is 280 g/mol. The Morgan fingerprint density at radius 1 is 1.18 bits per heavy atom. The fourth-order valence-electron chi connectivity index (χ4n) is 2.29. The molecule has 22 heavy (non-hydrogen) atoms. The Bertz CT molecular complexity index is 719. The number of benzene rings is 1. The fraction of sp³-hybridized carbons (Fsp3) is 0.235. The van der Waals surface area contributed by atoms with Gasteiger partial charge in [0.1, 0.15) is 6.61 Å². The van der Waals surface area contributed by atoms with Gasteiger partial charge >= 0.3 is 0 Å². The van der Waals surface area contributed by atoms with Gasteiger partial charge in [-0.15, -0.1) is 0 Å². The van der Waals surface area contributed by atoms with Gasteiger partial charge in [-0.05, 0) is 31.2 Å². The lowest BCUT2D eigenvalue weighted by Gasteiger charge is -2.17. The van der Waals surface area contributed by atoms with Gasteiger partial charge < -0.3 is 18.5 Å². The monoisotopic (exact) mass is 298 g/mol. The molecule has 1 atom stereocenters. The first-order valence-electron chi connectivity index (χ1n) is 7.12. The lowest BCUT2D eigenvalue weighted by atomic mass is 10.3. The van der Waals surface area contributed by atoms with E-state index in [1.165, 1.54) is 0 Å². The summed E-state index contributed by atoms with van der Waals surface area (Å²) in [4.78, 5) is 4.36. The zero-order valence-electron chi connectivity index (χ0n) is 12.6. The number of rotatable bonds is 6. The largest absolute Gasteiger partial charge is 0.493 e. The summed E-state index contributed by atoms with van der Waals surface area (Å²) in [6.45, 7) is 2.58. The second-order valence-corrected chi connectivity index (χ2v) is 4.95. The summed E-state index contributed by atoms with van der Waals surface area (Å²) in [7, 11) is 1.64. The number of imidazole rings is 1. The van der Waals surface area contributed by atoms with E-state index in [9.17, 15) is 0 Å². The van der Waals surface area contributed by atoms with Crippen LogP contribution in [-0.4, -0.2) is 23.3 Å². The molecule has 0 spiro atoms. The SMILES string of the molecule is COc1ccccc1OC[C@@H](C)n1ccnc1-c1ccco1. The predicted molar refractivity (Wildman–Crippen MR) is 83.1 cm³/mol. The van der Waals surface area contributed by atoms with E-state index in [1.54, 1.807) is 19.6 Å². The minimum atomic E-state index is 0.104. The second kappa shape index (κ2) is 6.39.